The van der Waals surface area contributed by atoms with Crippen LogP contribution in [0.2, 0.25) is 0 Å². The predicted octanol–water partition coefficient (Wildman–Crippen LogP) is 3.33. The fraction of sp³-hybridized carbons (Fsp3) is 0.500. The van der Waals surface area contributed by atoms with E-state index in [1.165, 1.54) is 6.42 Å². The molecule has 2 rings (SSSR count). The van der Waals surface area contributed by atoms with Crippen molar-refractivity contribution >= 4 is 0 Å². The van der Waals surface area contributed by atoms with Gasteiger partial charge in [-0.3, -0.25) is 0 Å². The van der Waals surface area contributed by atoms with E-state index in [9.17, 15) is 0 Å². The van der Waals surface area contributed by atoms with E-state index in [1.54, 1.807) is 5.57 Å². The maximum atomic E-state index is 2.36. The van der Waals surface area contributed by atoms with Crippen molar-refractivity contribution in [2.75, 3.05) is 0 Å². The zero-order chi connectivity index (χ0) is 8.55. The largest absolute Gasteiger partial charge is 0.0771 e. The van der Waals surface area contributed by atoms with Crippen LogP contribution >= 0.6 is 0 Å². The van der Waals surface area contributed by atoms with Crippen molar-refractivity contribution in [1.29, 1.82) is 0 Å². The van der Waals surface area contributed by atoms with Crippen LogP contribution in [0.5, 0.6) is 0 Å². The summed E-state index contributed by atoms with van der Waals surface area (Å²) in [5, 5.41) is 0. The quantitative estimate of drug-likeness (QED) is 0.510. The molecule has 1 saturated carbocycles. The molecule has 2 aliphatic carbocycles. The molecule has 0 N–H and O–H groups in total. The van der Waals surface area contributed by atoms with Crippen molar-refractivity contribution in [3.63, 3.8) is 0 Å². The minimum atomic E-state index is 0.718. The highest BCUT2D eigenvalue weighted by Gasteiger charge is 2.31. The van der Waals surface area contributed by atoms with Crippen LogP contribution < -0.4 is 0 Å². The number of rotatable bonds is 0. The normalized spacial score (nSPS) is 39.2. The van der Waals surface area contributed by atoms with Crippen LogP contribution in [0.15, 0.2) is 36.0 Å². The van der Waals surface area contributed by atoms with Crippen LogP contribution in [0, 0.1) is 17.8 Å². The van der Waals surface area contributed by atoms with Gasteiger partial charge >= 0.3 is 0 Å². The van der Waals surface area contributed by atoms with Crippen LogP contribution in [0.4, 0.5) is 0 Å². The monoisotopic (exact) mass is 160 g/mol. The molecule has 0 aromatic carbocycles. The standard InChI is InChI=1S/C12H16/c1-9-8-10(2)12-7-5-3-4-6-11(9)12/h3-7,9-11H,8H2,1-2H3. The van der Waals surface area contributed by atoms with E-state index >= 15 is 0 Å². The Labute approximate surface area is 74.7 Å². The molecule has 2 aliphatic rings. The molecule has 12 heavy (non-hydrogen) atoms. The molecule has 1 fully saturated rings. The molecule has 3 atom stereocenters. The SMILES string of the molecule is CC1CC(C)C2C=CC=CC=C12. The van der Waals surface area contributed by atoms with Crippen LogP contribution in [0.25, 0.3) is 0 Å². The lowest BCUT2D eigenvalue weighted by atomic mass is 9.94. The van der Waals surface area contributed by atoms with E-state index in [4.69, 9.17) is 0 Å². The predicted molar refractivity (Wildman–Crippen MR) is 52.8 cm³/mol. The molecule has 0 spiro atoms. The molecule has 0 saturated heterocycles. The molecule has 0 heterocycles. The molecule has 0 amide bonds. The van der Waals surface area contributed by atoms with Crippen molar-refractivity contribution < 1.29 is 0 Å². The highest BCUT2D eigenvalue weighted by molar-refractivity contribution is 5.31. The molecule has 0 nitrogen and oxygen atoms in total. The molecule has 3 unspecified atom stereocenters. The Hall–Kier alpha value is -0.780. The van der Waals surface area contributed by atoms with Gasteiger partial charge in [0.2, 0.25) is 0 Å². The minimum Gasteiger partial charge on any atom is -0.0771 e. The molecular formula is C12H16. The Bertz CT molecular complexity index is 255. The zero-order valence-electron chi connectivity index (χ0n) is 7.83. The Morgan fingerprint density at radius 3 is 2.83 bits per heavy atom. The van der Waals surface area contributed by atoms with E-state index in [1.807, 2.05) is 0 Å². The average Bonchev–Trinajstić information content (AvgIpc) is 2.29. The topological polar surface area (TPSA) is 0 Å². The van der Waals surface area contributed by atoms with Crippen LogP contribution in [0.3, 0.4) is 0 Å². The van der Waals surface area contributed by atoms with Gasteiger partial charge in [0.1, 0.15) is 0 Å². The fourth-order valence-electron chi connectivity index (χ4n) is 2.49. The summed E-state index contributed by atoms with van der Waals surface area (Å²) in [7, 11) is 0. The van der Waals surface area contributed by atoms with Crippen LogP contribution in [0.1, 0.15) is 20.3 Å². The van der Waals surface area contributed by atoms with Gasteiger partial charge in [-0.2, -0.15) is 0 Å². The van der Waals surface area contributed by atoms with Gasteiger partial charge in [0.15, 0.2) is 0 Å². The molecule has 0 radical (unpaired) electrons. The summed E-state index contributed by atoms with van der Waals surface area (Å²) in [6.45, 7) is 4.70. The lowest BCUT2D eigenvalue weighted by Gasteiger charge is -2.11. The van der Waals surface area contributed by atoms with E-state index in [0.29, 0.717) is 0 Å². The molecular weight excluding hydrogens is 144 g/mol. The maximum Gasteiger partial charge on any atom is 0.00115 e. The fourth-order valence-corrected chi connectivity index (χ4v) is 2.49. The molecule has 0 heteroatoms. The van der Waals surface area contributed by atoms with Crippen molar-refractivity contribution in [3.8, 4) is 0 Å². The Kier molecular flexibility index (Phi) is 1.92. The number of allylic oxidation sites excluding steroid dienone is 6. The lowest BCUT2D eigenvalue weighted by molar-refractivity contribution is 0.511. The molecule has 0 aromatic rings. The van der Waals surface area contributed by atoms with Gasteiger partial charge in [-0.05, 0) is 18.3 Å². The van der Waals surface area contributed by atoms with Crippen molar-refractivity contribution in [2.45, 2.75) is 20.3 Å². The third kappa shape index (κ3) is 1.16. The summed E-state index contributed by atoms with van der Waals surface area (Å²) in [5.74, 6) is 2.34. The van der Waals surface area contributed by atoms with Crippen molar-refractivity contribution in [3.05, 3.63) is 36.0 Å². The average molecular weight is 160 g/mol. The molecule has 64 valence electrons. The lowest BCUT2D eigenvalue weighted by Crippen LogP contribution is -2.01. The first kappa shape index (κ1) is 7.85. The summed E-state index contributed by atoms with van der Waals surface area (Å²) in [4.78, 5) is 0. The Morgan fingerprint density at radius 1 is 1.17 bits per heavy atom. The first-order valence-corrected chi connectivity index (χ1v) is 4.84. The van der Waals surface area contributed by atoms with Gasteiger partial charge in [-0.15, -0.1) is 0 Å². The third-order valence-electron chi connectivity index (χ3n) is 3.12. The van der Waals surface area contributed by atoms with Gasteiger partial charge < -0.3 is 0 Å². The van der Waals surface area contributed by atoms with Crippen molar-refractivity contribution in [1.82, 2.24) is 0 Å². The van der Waals surface area contributed by atoms with Crippen LogP contribution in [-0.2, 0) is 0 Å². The zero-order valence-corrected chi connectivity index (χ0v) is 7.83. The maximum absolute atomic E-state index is 2.36. The smallest absolute Gasteiger partial charge is 0.00115 e. The van der Waals surface area contributed by atoms with E-state index < -0.39 is 0 Å². The van der Waals surface area contributed by atoms with E-state index in [2.05, 4.69) is 44.2 Å². The molecule has 0 bridgehead atoms. The van der Waals surface area contributed by atoms with Gasteiger partial charge in [0, 0.05) is 5.92 Å². The summed E-state index contributed by atoms with van der Waals surface area (Å²) in [6, 6.07) is 0. The van der Waals surface area contributed by atoms with E-state index in [0.717, 1.165) is 17.8 Å². The second kappa shape index (κ2) is 2.93. The number of hydrogen-bond acceptors (Lipinski definition) is 0. The van der Waals surface area contributed by atoms with E-state index in [-0.39, 0.29) is 0 Å². The van der Waals surface area contributed by atoms with Gasteiger partial charge in [0.05, 0.1) is 0 Å². The number of hydrogen-bond donors (Lipinski definition) is 0. The second-order valence-electron chi connectivity index (χ2n) is 4.08. The number of fused-ring (bicyclic) bond motifs is 1. The molecule has 0 aliphatic heterocycles. The van der Waals surface area contributed by atoms with Gasteiger partial charge in [-0.25, -0.2) is 0 Å². The second-order valence-corrected chi connectivity index (χ2v) is 4.08. The first-order valence-electron chi connectivity index (χ1n) is 4.84. The summed E-state index contributed by atoms with van der Waals surface area (Å²) in [5.41, 5.74) is 1.63. The summed E-state index contributed by atoms with van der Waals surface area (Å²) < 4.78 is 0. The summed E-state index contributed by atoms with van der Waals surface area (Å²) >= 11 is 0. The van der Waals surface area contributed by atoms with Crippen molar-refractivity contribution in [2.24, 2.45) is 17.8 Å². The summed E-state index contributed by atoms with van der Waals surface area (Å²) in [6.07, 6.45) is 12.5. The van der Waals surface area contributed by atoms with Crippen LogP contribution in [-0.4, -0.2) is 0 Å². The third-order valence-corrected chi connectivity index (χ3v) is 3.12. The first-order chi connectivity index (χ1) is 5.79. The highest BCUT2D eigenvalue weighted by atomic mass is 14.4. The molecule has 0 aromatic heterocycles. The minimum absolute atomic E-state index is 0.718. The van der Waals surface area contributed by atoms with Gasteiger partial charge in [-0.1, -0.05) is 49.8 Å². The van der Waals surface area contributed by atoms with Gasteiger partial charge in [0.25, 0.3) is 0 Å². The highest BCUT2D eigenvalue weighted by Crippen LogP contribution is 2.42. The Balaban J connectivity index is 2.34. The Morgan fingerprint density at radius 2 is 2.00 bits per heavy atom.